The van der Waals surface area contributed by atoms with E-state index in [-0.39, 0.29) is 23.8 Å². The number of nitrogens with zero attached hydrogens (tertiary/aromatic N) is 1. The van der Waals surface area contributed by atoms with Crippen LogP contribution in [0.4, 0.5) is 0 Å². The van der Waals surface area contributed by atoms with Crippen molar-refractivity contribution in [3.63, 3.8) is 0 Å². The number of guanidine groups is 1. The summed E-state index contributed by atoms with van der Waals surface area (Å²) in [4.78, 5) is 16.9. The quantitative estimate of drug-likeness (QED) is 0.256. The van der Waals surface area contributed by atoms with E-state index in [2.05, 4.69) is 29.8 Å². The molecule has 0 unspecified atom stereocenters. The third kappa shape index (κ3) is 7.94. The lowest BCUT2D eigenvalue weighted by Gasteiger charge is -2.29. The fraction of sp³-hybridized carbons (Fsp3) is 0.900. The van der Waals surface area contributed by atoms with Gasteiger partial charge in [-0.1, -0.05) is 33.1 Å². The van der Waals surface area contributed by atoms with Crippen LogP contribution in [-0.4, -0.2) is 49.8 Å². The number of aliphatic hydroxyl groups is 1. The van der Waals surface area contributed by atoms with Crippen molar-refractivity contribution in [1.82, 2.24) is 16.0 Å². The van der Waals surface area contributed by atoms with Crippen LogP contribution >= 0.6 is 0 Å². The standard InChI is InChI=1S/C20H40N4O2/c1-4-20(5-2,12-15-25)16-24-19(21-6-3)23-14-13-22-18(26)17-10-8-7-9-11-17/h17,25H,4-16H2,1-3H3,(H,22,26)(H2,21,23,24). The molecule has 6 nitrogen and oxygen atoms in total. The number of nitrogens with one attached hydrogen (secondary N) is 3. The Labute approximate surface area is 159 Å². The van der Waals surface area contributed by atoms with E-state index in [0.717, 1.165) is 44.6 Å². The largest absolute Gasteiger partial charge is 0.396 e. The molecule has 0 atom stereocenters. The van der Waals surface area contributed by atoms with E-state index in [1.165, 1.54) is 19.3 Å². The van der Waals surface area contributed by atoms with Crippen molar-refractivity contribution in [3.05, 3.63) is 0 Å². The van der Waals surface area contributed by atoms with Gasteiger partial charge in [-0.15, -0.1) is 0 Å². The van der Waals surface area contributed by atoms with Crippen LogP contribution < -0.4 is 16.0 Å². The van der Waals surface area contributed by atoms with Gasteiger partial charge in [0.1, 0.15) is 0 Å². The van der Waals surface area contributed by atoms with Crippen LogP contribution in [-0.2, 0) is 4.79 Å². The summed E-state index contributed by atoms with van der Waals surface area (Å²) in [6, 6.07) is 0. The normalized spacial score (nSPS) is 16.4. The number of aliphatic imine (C=N–C) groups is 1. The molecule has 0 saturated heterocycles. The molecule has 1 aliphatic rings. The summed E-state index contributed by atoms with van der Waals surface area (Å²) >= 11 is 0. The zero-order chi connectivity index (χ0) is 19.3. The Morgan fingerprint density at radius 1 is 1.04 bits per heavy atom. The fourth-order valence-electron chi connectivity index (χ4n) is 3.61. The molecule has 4 N–H and O–H groups in total. The van der Waals surface area contributed by atoms with Gasteiger partial charge in [0.25, 0.3) is 0 Å². The third-order valence-corrected chi connectivity index (χ3v) is 5.75. The van der Waals surface area contributed by atoms with Crippen molar-refractivity contribution in [2.24, 2.45) is 16.3 Å². The monoisotopic (exact) mass is 368 g/mol. The van der Waals surface area contributed by atoms with E-state index in [1.54, 1.807) is 0 Å². The summed E-state index contributed by atoms with van der Waals surface area (Å²) in [5.74, 6) is 1.19. The Balaban J connectivity index is 2.42. The van der Waals surface area contributed by atoms with Crippen LogP contribution in [0.1, 0.15) is 72.1 Å². The summed E-state index contributed by atoms with van der Waals surface area (Å²) in [7, 11) is 0. The van der Waals surface area contributed by atoms with Gasteiger partial charge in [-0.2, -0.15) is 0 Å². The molecule has 0 spiro atoms. The summed E-state index contributed by atoms with van der Waals surface area (Å²) in [6.07, 6.45) is 8.47. The lowest BCUT2D eigenvalue weighted by atomic mass is 9.79. The van der Waals surface area contributed by atoms with Gasteiger partial charge in [-0.3, -0.25) is 9.79 Å². The topological polar surface area (TPSA) is 85.8 Å². The molecule has 6 heteroatoms. The SMILES string of the molecule is CCNC(=NCC(CC)(CC)CCO)NCCNC(=O)C1CCCCC1. The molecule has 0 bridgehead atoms. The Bertz CT molecular complexity index is 416. The highest BCUT2D eigenvalue weighted by molar-refractivity contribution is 5.80. The minimum Gasteiger partial charge on any atom is -0.396 e. The zero-order valence-corrected chi connectivity index (χ0v) is 17.1. The van der Waals surface area contributed by atoms with Crippen LogP contribution in [0, 0.1) is 11.3 Å². The Morgan fingerprint density at radius 2 is 1.69 bits per heavy atom. The number of carbonyl (C=O) groups excluding carboxylic acids is 1. The molecule has 26 heavy (non-hydrogen) atoms. The average Bonchev–Trinajstić information content (AvgIpc) is 2.68. The predicted octanol–water partition coefficient (Wildman–Crippen LogP) is 2.43. The first-order valence-corrected chi connectivity index (χ1v) is 10.5. The van der Waals surface area contributed by atoms with Crippen molar-refractivity contribution < 1.29 is 9.90 Å². The second-order valence-corrected chi connectivity index (χ2v) is 7.43. The average molecular weight is 369 g/mol. The molecular weight excluding hydrogens is 328 g/mol. The second kappa shape index (κ2) is 13.0. The van der Waals surface area contributed by atoms with Crippen LogP contribution in [0.5, 0.6) is 0 Å². The number of aliphatic hydroxyl groups excluding tert-OH is 1. The second-order valence-electron chi connectivity index (χ2n) is 7.43. The Morgan fingerprint density at radius 3 is 2.27 bits per heavy atom. The van der Waals surface area contributed by atoms with Gasteiger partial charge in [0.2, 0.25) is 5.91 Å². The van der Waals surface area contributed by atoms with Crippen molar-refractivity contribution in [2.75, 3.05) is 32.8 Å². The molecule has 1 fully saturated rings. The van der Waals surface area contributed by atoms with E-state index < -0.39 is 0 Å². The van der Waals surface area contributed by atoms with Gasteiger partial charge >= 0.3 is 0 Å². The van der Waals surface area contributed by atoms with E-state index >= 15 is 0 Å². The van der Waals surface area contributed by atoms with Crippen LogP contribution in [0.3, 0.4) is 0 Å². The molecule has 0 aromatic rings. The number of amides is 1. The maximum absolute atomic E-state index is 12.2. The maximum Gasteiger partial charge on any atom is 0.223 e. The van der Waals surface area contributed by atoms with Crippen LogP contribution in [0.2, 0.25) is 0 Å². The zero-order valence-electron chi connectivity index (χ0n) is 17.1. The smallest absolute Gasteiger partial charge is 0.223 e. The molecule has 0 aromatic heterocycles. The molecule has 1 saturated carbocycles. The summed E-state index contributed by atoms with van der Waals surface area (Å²) < 4.78 is 0. The minimum atomic E-state index is 0.0618. The van der Waals surface area contributed by atoms with Crippen LogP contribution in [0.25, 0.3) is 0 Å². The molecule has 0 heterocycles. The molecule has 152 valence electrons. The first-order chi connectivity index (χ1) is 12.6. The first-order valence-electron chi connectivity index (χ1n) is 10.5. The summed E-state index contributed by atoms with van der Waals surface area (Å²) in [5.41, 5.74) is 0.0618. The first kappa shape index (κ1) is 22.7. The van der Waals surface area contributed by atoms with E-state index in [4.69, 9.17) is 4.99 Å². The number of rotatable bonds is 11. The van der Waals surface area contributed by atoms with E-state index in [0.29, 0.717) is 19.6 Å². The molecule has 1 rings (SSSR count). The van der Waals surface area contributed by atoms with Gasteiger partial charge in [-0.25, -0.2) is 0 Å². The predicted molar refractivity (Wildman–Crippen MR) is 108 cm³/mol. The number of hydrogen-bond acceptors (Lipinski definition) is 3. The number of hydrogen-bond donors (Lipinski definition) is 4. The minimum absolute atomic E-state index is 0.0618. The lowest BCUT2D eigenvalue weighted by molar-refractivity contribution is -0.125. The van der Waals surface area contributed by atoms with Crippen molar-refractivity contribution in [2.45, 2.75) is 72.1 Å². The molecular formula is C20H40N4O2. The van der Waals surface area contributed by atoms with Gasteiger partial charge in [0.15, 0.2) is 5.96 Å². The van der Waals surface area contributed by atoms with Gasteiger partial charge in [0.05, 0.1) is 0 Å². The Hall–Kier alpha value is -1.30. The molecule has 0 radical (unpaired) electrons. The summed E-state index contributed by atoms with van der Waals surface area (Å²) in [6.45, 7) is 9.34. The highest BCUT2D eigenvalue weighted by Crippen LogP contribution is 2.30. The van der Waals surface area contributed by atoms with E-state index in [9.17, 15) is 9.90 Å². The highest BCUT2D eigenvalue weighted by Gasteiger charge is 2.25. The van der Waals surface area contributed by atoms with Crippen molar-refractivity contribution >= 4 is 11.9 Å². The molecule has 1 aliphatic carbocycles. The maximum atomic E-state index is 12.2. The lowest BCUT2D eigenvalue weighted by Crippen LogP contribution is -2.43. The summed E-state index contributed by atoms with van der Waals surface area (Å²) in [5, 5.41) is 19.0. The molecule has 0 aromatic carbocycles. The Kier molecular flexibility index (Phi) is 11.3. The van der Waals surface area contributed by atoms with Gasteiger partial charge in [0, 0.05) is 38.7 Å². The molecule has 1 amide bonds. The third-order valence-electron chi connectivity index (χ3n) is 5.75. The molecule has 0 aliphatic heterocycles. The van der Waals surface area contributed by atoms with Gasteiger partial charge in [-0.05, 0) is 44.4 Å². The number of carbonyl (C=O) groups is 1. The van der Waals surface area contributed by atoms with Gasteiger partial charge < -0.3 is 21.1 Å². The van der Waals surface area contributed by atoms with E-state index in [1.807, 2.05) is 6.92 Å². The van der Waals surface area contributed by atoms with Crippen molar-refractivity contribution in [1.29, 1.82) is 0 Å². The van der Waals surface area contributed by atoms with Crippen LogP contribution in [0.15, 0.2) is 4.99 Å². The highest BCUT2D eigenvalue weighted by atomic mass is 16.3. The van der Waals surface area contributed by atoms with Crippen molar-refractivity contribution in [3.8, 4) is 0 Å². The fourth-order valence-corrected chi connectivity index (χ4v) is 3.61.